The van der Waals surface area contributed by atoms with Crippen LogP contribution in [0.5, 0.6) is 5.75 Å². The van der Waals surface area contributed by atoms with Crippen LogP contribution in [-0.2, 0) is 0 Å². The number of para-hydroxylation sites is 1. The zero-order valence-electron chi connectivity index (χ0n) is 9.22. The van der Waals surface area contributed by atoms with Crippen molar-refractivity contribution in [2.75, 3.05) is 6.61 Å². The fourth-order valence-electron chi connectivity index (χ4n) is 1.66. The van der Waals surface area contributed by atoms with E-state index in [2.05, 4.69) is 11.4 Å². The largest absolute Gasteiger partial charge is 0.494 e. The molecule has 0 unspecified atom stereocenters. The Balaban J connectivity index is 2.32. The average molecular weight is 233 g/mol. The van der Waals surface area contributed by atoms with Gasteiger partial charge in [-0.1, -0.05) is 18.2 Å². The third-order valence-corrected chi connectivity index (χ3v) is 3.16. The number of benzene rings is 1. The second-order valence-electron chi connectivity index (χ2n) is 3.51. The maximum absolute atomic E-state index is 6.22. The summed E-state index contributed by atoms with van der Waals surface area (Å²) in [5.74, 6) is 0.878. The second kappa shape index (κ2) is 5.14. The van der Waals surface area contributed by atoms with Crippen LogP contribution in [0.4, 0.5) is 0 Å². The van der Waals surface area contributed by atoms with Crippen LogP contribution in [0.1, 0.15) is 24.1 Å². The number of hydrogen-bond donors (Lipinski definition) is 1. The maximum atomic E-state index is 6.22. The number of hydrogen-bond acceptors (Lipinski definition) is 3. The highest BCUT2D eigenvalue weighted by Gasteiger charge is 2.13. The summed E-state index contributed by atoms with van der Waals surface area (Å²) in [6, 6.07) is 9.89. The summed E-state index contributed by atoms with van der Waals surface area (Å²) in [6.45, 7) is 2.64. The first-order valence-corrected chi connectivity index (χ1v) is 6.26. The molecule has 1 aromatic heterocycles. The number of ether oxygens (including phenoxy) is 1. The Bertz CT molecular complexity index is 439. The molecule has 0 radical (unpaired) electrons. The molecule has 0 saturated carbocycles. The molecule has 0 aliphatic heterocycles. The van der Waals surface area contributed by atoms with Crippen molar-refractivity contribution < 1.29 is 4.74 Å². The van der Waals surface area contributed by atoms with Gasteiger partial charge >= 0.3 is 0 Å². The Hall–Kier alpha value is -1.32. The van der Waals surface area contributed by atoms with Gasteiger partial charge in [0, 0.05) is 5.56 Å². The molecule has 2 N–H and O–H groups in total. The minimum Gasteiger partial charge on any atom is -0.494 e. The molecule has 0 saturated heterocycles. The van der Waals surface area contributed by atoms with E-state index in [0.717, 1.165) is 16.9 Å². The van der Waals surface area contributed by atoms with E-state index in [-0.39, 0.29) is 6.04 Å². The van der Waals surface area contributed by atoms with Gasteiger partial charge in [0.05, 0.1) is 12.6 Å². The summed E-state index contributed by atoms with van der Waals surface area (Å²) >= 11 is 1.66. The van der Waals surface area contributed by atoms with Crippen LogP contribution in [0.15, 0.2) is 41.1 Å². The molecule has 1 aromatic carbocycles. The van der Waals surface area contributed by atoms with Crippen LogP contribution >= 0.6 is 11.3 Å². The Morgan fingerprint density at radius 1 is 1.31 bits per heavy atom. The standard InChI is InChI=1S/C13H15NOS/c1-2-15-12-6-4-3-5-11(12)13(14)10-7-8-16-9-10/h3-9,13H,2,14H2,1H3/t13-/m1/s1. The molecule has 2 rings (SSSR count). The van der Waals surface area contributed by atoms with Crippen molar-refractivity contribution in [2.24, 2.45) is 5.73 Å². The first kappa shape index (κ1) is 11.2. The van der Waals surface area contributed by atoms with Gasteiger partial charge in [0.2, 0.25) is 0 Å². The van der Waals surface area contributed by atoms with E-state index in [1.807, 2.05) is 36.6 Å². The van der Waals surface area contributed by atoms with Crippen molar-refractivity contribution >= 4 is 11.3 Å². The SMILES string of the molecule is CCOc1ccccc1[C@H](N)c1ccsc1. The van der Waals surface area contributed by atoms with Gasteiger partial charge in [0.25, 0.3) is 0 Å². The van der Waals surface area contributed by atoms with Gasteiger partial charge in [-0.15, -0.1) is 0 Å². The molecule has 0 aliphatic rings. The van der Waals surface area contributed by atoms with E-state index in [1.165, 1.54) is 0 Å². The molecule has 0 fully saturated rings. The molecule has 0 amide bonds. The predicted octanol–water partition coefficient (Wildman–Crippen LogP) is 3.19. The van der Waals surface area contributed by atoms with Gasteiger partial charge in [-0.25, -0.2) is 0 Å². The fourth-order valence-corrected chi connectivity index (χ4v) is 2.35. The lowest BCUT2D eigenvalue weighted by molar-refractivity contribution is 0.335. The summed E-state index contributed by atoms with van der Waals surface area (Å²) in [5.41, 5.74) is 8.40. The zero-order valence-corrected chi connectivity index (χ0v) is 10.0. The quantitative estimate of drug-likeness (QED) is 0.880. The number of nitrogens with two attached hydrogens (primary N) is 1. The summed E-state index contributed by atoms with van der Waals surface area (Å²) in [7, 11) is 0. The highest BCUT2D eigenvalue weighted by atomic mass is 32.1. The van der Waals surface area contributed by atoms with E-state index >= 15 is 0 Å². The van der Waals surface area contributed by atoms with E-state index in [9.17, 15) is 0 Å². The molecule has 1 heterocycles. The highest BCUT2D eigenvalue weighted by molar-refractivity contribution is 7.08. The van der Waals surface area contributed by atoms with Crippen LogP contribution in [0, 0.1) is 0 Å². The Morgan fingerprint density at radius 2 is 2.12 bits per heavy atom. The van der Waals surface area contributed by atoms with Crippen LogP contribution < -0.4 is 10.5 Å². The lowest BCUT2D eigenvalue weighted by Crippen LogP contribution is -2.12. The van der Waals surface area contributed by atoms with Crippen LogP contribution in [0.3, 0.4) is 0 Å². The highest BCUT2D eigenvalue weighted by Crippen LogP contribution is 2.29. The Labute approximate surface area is 99.7 Å². The van der Waals surface area contributed by atoms with Gasteiger partial charge in [0.15, 0.2) is 0 Å². The van der Waals surface area contributed by atoms with Crippen LogP contribution in [0.2, 0.25) is 0 Å². The predicted molar refractivity (Wildman–Crippen MR) is 68.0 cm³/mol. The van der Waals surface area contributed by atoms with Crippen molar-refractivity contribution in [3.05, 3.63) is 52.2 Å². The Kier molecular flexibility index (Phi) is 3.59. The van der Waals surface area contributed by atoms with Gasteiger partial charge in [-0.2, -0.15) is 11.3 Å². The molecule has 16 heavy (non-hydrogen) atoms. The van der Waals surface area contributed by atoms with Gasteiger partial charge in [-0.05, 0) is 35.4 Å². The maximum Gasteiger partial charge on any atom is 0.124 e. The lowest BCUT2D eigenvalue weighted by Gasteiger charge is -2.15. The summed E-state index contributed by atoms with van der Waals surface area (Å²) in [5, 5.41) is 4.12. The van der Waals surface area contributed by atoms with Gasteiger partial charge < -0.3 is 10.5 Å². The molecular formula is C13H15NOS. The molecule has 0 bridgehead atoms. The minimum absolute atomic E-state index is 0.103. The first-order valence-electron chi connectivity index (χ1n) is 5.32. The van der Waals surface area contributed by atoms with Gasteiger partial charge in [0.1, 0.15) is 5.75 Å². The molecular weight excluding hydrogens is 218 g/mol. The van der Waals surface area contributed by atoms with E-state index in [4.69, 9.17) is 10.5 Å². The lowest BCUT2D eigenvalue weighted by atomic mass is 10.0. The number of thiophene rings is 1. The normalized spacial score (nSPS) is 12.4. The minimum atomic E-state index is -0.103. The van der Waals surface area contributed by atoms with Crippen molar-refractivity contribution in [2.45, 2.75) is 13.0 Å². The zero-order chi connectivity index (χ0) is 11.4. The van der Waals surface area contributed by atoms with E-state index in [0.29, 0.717) is 6.61 Å². The monoisotopic (exact) mass is 233 g/mol. The summed E-state index contributed by atoms with van der Waals surface area (Å²) in [4.78, 5) is 0. The molecule has 2 nitrogen and oxygen atoms in total. The molecule has 2 aromatic rings. The average Bonchev–Trinajstić information content (AvgIpc) is 2.83. The second-order valence-corrected chi connectivity index (χ2v) is 4.29. The summed E-state index contributed by atoms with van der Waals surface area (Å²) in [6.07, 6.45) is 0. The Morgan fingerprint density at radius 3 is 2.81 bits per heavy atom. The van der Waals surface area contributed by atoms with Crippen LogP contribution in [-0.4, -0.2) is 6.61 Å². The van der Waals surface area contributed by atoms with Crippen molar-refractivity contribution in [1.82, 2.24) is 0 Å². The number of rotatable bonds is 4. The molecule has 0 spiro atoms. The third-order valence-electron chi connectivity index (χ3n) is 2.46. The molecule has 1 atom stereocenters. The van der Waals surface area contributed by atoms with Crippen molar-refractivity contribution in [3.63, 3.8) is 0 Å². The van der Waals surface area contributed by atoms with Crippen LogP contribution in [0.25, 0.3) is 0 Å². The molecule has 84 valence electrons. The first-order chi connectivity index (χ1) is 7.83. The van der Waals surface area contributed by atoms with Crippen molar-refractivity contribution in [3.8, 4) is 5.75 Å². The summed E-state index contributed by atoms with van der Waals surface area (Å²) < 4.78 is 5.58. The van der Waals surface area contributed by atoms with E-state index in [1.54, 1.807) is 11.3 Å². The van der Waals surface area contributed by atoms with Gasteiger partial charge in [-0.3, -0.25) is 0 Å². The third kappa shape index (κ3) is 2.26. The fraction of sp³-hybridized carbons (Fsp3) is 0.231. The van der Waals surface area contributed by atoms with Crippen molar-refractivity contribution in [1.29, 1.82) is 0 Å². The molecule has 3 heteroatoms. The smallest absolute Gasteiger partial charge is 0.124 e. The topological polar surface area (TPSA) is 35.2 Å². The van der Waals surface area contributed by atoms with E-state index < -0.39 is 0 Å². The molecule has 0 aliphatic carbocycles.